The standard InChI is InChI=1S/C24H24N4O3/c29-22-6-4-14-27(22)18-10-8-17(9-11-18)25-23(30)16-7-12-19-20(15-16)26-21-5-2-1-3-13-28(21)24(19)31/h7-12,15H,1-6,13-14H2,(H,25,30). The number of fused-ring (bicyclic) bond motifs is 2. The van der Waals surface area contributed by atoms with E-state index >= 15 is 0 Å². The number of aryl methyl sites for hydroxylation is 1. The van der Waals surface area contributed by atoms with Gasteiger partial charge >= 0.3 is 0 Å². The van der Waals surface area contributed by atoms with Gasteiger partial charge in [0.2, 0.25) is 5.91 Å². The van der Waals surface area contributed by atoms with E-state index in [1.807, 2.05) is 12.1 Å². The van der Waals surface area contributed by atoms with Gasteiger partial charge in [0.1, 0.15) is 5.82 Å². The lowest BCUT2D eigenvalue weighted by molar-refractivity contribution is -0.117. The highest BCUT2D eigenvalue weighted by atomic mass is 16.2. The summed E-state index contributed by atoms with van der Waals surface area (Å²) in [6.07, 6.45) is 5.36. The summed E-state index contributed by atoms with van der Waals surface area (Å²) in [5, 5.41) is 3.43. The molecule has 1 aromatic heterocycles. The van der Waals surface area contributed by atoms with Gasteiger partial charge < -0.3 is 10.2 Å². The first-order chi connectivity index (χ1) is 15.1. The second-order valence-corrected chi connectivity index (χ2v) is 8.18. The number of aromatic nitrogens is 2. The first-order valence-corrected chi connectivity index (χ1v) is 10.9. The van der Waals surface area contributed by atoms with E-state index < -0.39 is 0 Å². The maximum Gasteiger partial charge on any atom is 0.261 e. The van der Waals surface area contributed by atoms with Gasteiger partial charge in [0.15, 0.2) is 0 Å². The Morgan fingerprint density at radius 3 is 2.52 bits per heavy atom. The van der Waals surface area contributed by atoms with Crippen molar-refractivity contribution in [1.82, 2.24) is 9.55 Å². The van der Waals surface area contributed by atoms with Crippen molar-refractivity contribution in [3.8, 4) is 0 Å². The second-order valence-electron chi connectivity index (χ2n) is 8.18. The van der Waals surface area contributed by atoms with Crippen molar-refractivity contribution in [2.45, 2.75) is 45.1 Å². The van der Waals surface area contributed by atoms with E-state index in [1.54, 1.807) is 39.8 Å². The Bertz CT molecular complexity index is 1230. The van der Waals surface area contributed by atoms with Crippen molar-refractivity contribution in [1.29, 1.82) is 0 Å². The van der Waals surface area contributed by atoms with Crippen LogP contribution in [0.3, 0.4) is 0 Å². The zero-order chi connectivity index (χ0) is 21.4. The molecule has 2 aliphatic heterocycles. The first kappa shape index (κ1) is 19.5. The molecule has 2 aromatic carbocycles. The number of nitrogens with zero attached hydrogens (tertiary/aromatic N) is 3. The van der Waals surface area contributed by atoms with E-state index in [-0.39, 0.29) is 17.4 Å². The number of benzene rings is 2. The summed E-state index contributed by atoms with van der Waals surface area (Å²) in [5.41, 5.74) is 2.48. The molecule has 0 aliphatic carbocycles. The molecule has 31 heavy (non-hydrogen) atoms. The molecule has 0 bridgehead atoms. The largest absolute Gasteiger partial charge is 0.322 e. The van der Waals surface area contributed by atoms with Gasteiger partial charge in [-0.2, -0.15) is 0 Å². The van der Waals surface area contributed by atoms with Crippen molar-refractivity contribution in [3.05, 3.63) is 64.2 Å². The van der Waals surface area contributed by atoms with Gasteiger partial charge in [0.25, 0.3) is 11.5 Å². The smallest absolute Gasteiger partial charge is 0.261 e. The van der Waals surface area contributed by atoms with Crippen molar-refractivity contribution in [2.75, 3.05) is 16.8 Å². The lowest BCUT2D eigenvalue weighted by atomic mass is 10.1. The van der Waals surface area contributed by atoms with Gasteiger partial charge in [-0.25, -0.2) is 4.98 Å². The van der Waals surface area contributed by atoms with Crippen molar-refractivity contribution >= 4 is 34.1 Å². The number of hydrogen-bond donors (Lipinski definition) is 1. The maximum absolute atomic E-state index is 12.9. The van der Waals surface area contributed by atoms with Gasteiger partial charge in [-0.05, 0) is 61.7 Å². The number of hydrogen-bond acceptors (Lipinski definition) is 4. The van der Waals surface area contributed by atoms with Crippen LogP contribution in [0, 0.1) is 0 Å². The molecule has 0 atom stereocenters. The summed E-state index contributed by atoms with van der Waals surface area (Å²) in [7, 11) is 0. The molecular weight excluding hydrogens is 392 g/mol. The van der Waals surface area contributed by atoms with Crippen LogP contribution in [-0.2, 0) is 17.8 Å². The zero-order valence-corrected chi connectivity index (χ0v) is 17.3. The SMILES string of the molecule is O=C(Nc1ccc(N2CCCC2=O)cc1)c1ccc2c(=O)n3c(nc2c1)CCCCC3. The monoisotopic (exact) mass is 416 g/mol. The molecule has 0 unspecified atom stereocenters. The molecule has 0 radical (unpaired) electrons. The fraction of sp³-hybridized carbons (Fsp3) is 0.333. The van der Waals surface area contributed by atoms with Crippen LogP contribution < -0.4 is 15.8 Å². The van der Waals surface area contributed by atoms with Crippen molar-refractivity contribution < 1.29 is 9.59 Å². The Morgan fingerprint density at radius 1 is 0.903 bits per heavy atom. The van der Waals surface area contributed by atoms with Gasteiger partial charge in [-0.1, -0.05) is 6.42 Å². The topological polar surface area (TPSA) is 84.3 Å². The van der Waals surface area contributed by atoms with Crippen LogP contribution in [-0.4, -0.2) is 27.9 Å². The van der Waals surface area contributed by atoms with E-state index in [0.717, 1.165) is 50.2 Å². The highest BCUT2D eigenvalue weighted by Crippen LogP contribution is 2.23. The third kappa shape index (κ3) is 3.71. The summed E-state index contributed by atoms with van der Waals surface area (Å²) in [4.78, 5) is 44.0. The predicted octanol–water partition coefficient (Wildman–Crippen LogP) is 3.50. The Balaban J connectivity index is 1.38. The Labute approximate surface area is 179 Å². The lowest BCUT2D eigenvalue weighted by Gasteiger charge is -2.16. The van der Waals surface area contributed by atoms with E-state index in [2.05, 4.69) is 5.32 Å². The predicted molar refractivity (Wildman–Crippen MR) is 120 cm³/mol. The first-order valence-electron chi connectivity index (χ1n) is 10.9. The molecule has 7 nitrogen and oxygen atoms in total. The number of carbonyl (C=O) groups excluding carboxylic acids is 2. The summed E-state index contributed by atoms with van der Waals surface area (Å²) >= 11 is 0. The number of anilines is 2. The van der Waals surface area contributed by atoms with Gasteiger partial charge in [0, 0.05) is 42.9 Å². The normalized spacial score (nSPS) is 16.3. The quantitative estimate of drug-likeness (QED) is 0.708. The fourth-order valence-electron chi connectivity index (χ4n) is 4.41. The molecule has 3 heterocycles. The van der Waals surface area contributed by atoms with Crippen LogP contribution in [0.15, 0.2) is 47.3 Å². The molecule has 158 valence electrons. The van der Waals surface area contributed by atoms with Crippen molar-refractivity contribution in [3.63, 3.8) is 0 Å². The third-order valence-electron chi connectivity index (χ3n) is 6.09. The number of rotatable bonds is 3. The van der Waals surface area contributed by atoms with Crippen LogP contribution in [0.1, 0.15) is 48.3 Å². The molecule has 1 N–H and O–H groups in total. The maximum atomic E-state index is 12.9. The average molecular weight is 416 g/mol. The molecule has 2 amide bonds. The molecule has 1 fully saturated rings. The number of nitrogens with one attached hydrogen (secondary N) is 1. The van der Waals surface area contributed by atoms with Gasteiger partial charge in [-0.3, -0.25) is 19.0 Å². The Hall–Kier alpha value is -3.48. The minimum Gasteiger partial charge on any atom is -0.322 e. The van der Waals surface area contributed by atoms with E-state index in [9.17, 15) is 14.4 Å². The highest BCUT2D eigenvalue weighted by molar-refractivity contribution is 6.06. The van der Waals surface area contributed by atoms with E-state index in [0.29, 0.717) is 35.1 Å². The second kappa shape index (κ2) is 7.98. The molecule has 2 aliphatic rings. The van der Waals surface area contributed by atoms with E-state index in [1.165, 1.54) is 0 Å². The lowest BCUT2D eigenvalue weighted by Crippen LogP contribution is -2.24. The molecule has 0 saturated carbocycles. The van der Waals surface area contributed by atoms with Gasteiger partial charge in [0.05, 0.1) is 10.9 Å². The van der Waals surface area contributed by atoms with Gasteiger partial charge in [-0.15, -0.1) is 0 Å². The van der Waals surface area contributed by atoms with Crippen LogP contribution in [0.25, 0.3) is 10.9 Å². The number of amides is 2. The molecule has 3 aromatic rings. The third-order valence-corrected chi connectivity index (χ3v) is 6.09. The minimum atomic E-state index is -0.260. The number of carbonyl (C=O) groups is 2. The van der Waals surface area contributed by atoms with Crippen LogP contribution in [0.2, 0.25) is 0 Å². The molecule has 5 rings (SSSR count). The average Bonchev–Trinajstić information content (AvgIpc) is 3.06. The van der Waals surface area contributed by atoms with E-state index in [4.69, 9.17) is 4.98 Å². The molecule has 1 saturated heterocycles. The Kier molecular flexibility index (Phi) is 5.02. The summed E-state index contributed by atoms with van der Waals surface area (Å²) in [6, 6.07) is 12.3. The highest BCUT2D eigenvalue weighted by Gasteiger charge is 2.21. The fourth-order valence-corrected chi connectivity index (χ4v) is 4.41. The summed E-state index contributed by atoms with van der Waals surface area (Å²) in [6.45, 7) is 1.44. The molecular formula is C24H24N4O3. The van der Waals surface area contributed by atoms with Crippen LogP contribution >= 0.6 is 0 Å². The van der Waals surface area contributed by atoms with Crippen LogP contribution in [0.5, 0.6) is 0 Å². The molecule has 7 heteroatoms. The van der Waals surface area contributed by atoms with Crippen LogP contribution in [0.4, 0.5) is 11.4 Å². The zero-order valence-electron chi connectivity index (χ0n) is 17.3. The van der Waals surface area contributed by atoms with Crippen molar-refractivity contribution in [2.24, 2.45) is 0 Å². The molecule has 0 spiro atoms. The summed E-state index contributed by atoms with van der Waals surface area (Å²) < 4.78 is 1.78. The minimum absolute atomic E-state index is 0.0269. The summed E-state index contributed by atoms with van der Waals surface area (Å²) in [5.74, 6) is 0.678. The Morgan fingerprint density at radius 2 is 1.74 bits per heavy atom.